The molecule has 0 amide bonds. The summed E-state index contributed by atoms with van der Waals surface area (Å²) in [5.74, 6) is 0.193. The van der Waals surface area contributed by atoms with E-state index in [0.717, 1.165) is 25.7 Å². The van der Waals surface area contributed by atoms with Crippen LogP contribution >= 0.6 is 0 Å². The minimum Gasteiger partial charge on any atom is -0.468 e. The average Bonchev–Trinajstić information content (AvgIpc) is 2.69. The van der Waals surface area contributed by atoms with Crippen molar-refractivity contribution in [2.45, 2.75) is 31.2 Å². The van der Waals surface area contributed by atoms with Crippen molar-refractivity contribution >= 4 is 5.97 Å². The first-order valence-corrected chi connectivity index (χ1v) is 5.47. The van der Waals surface area contributed by atoms with Crippen LogP contribution in [-0.4, -0.2) is 39.4 Å². The van der Waals surface area contributed by atoms with Crippen molar-refractivity contribution in [2.24, 2.45) is 5.92 Å². The van der Waals surface area contributed by atoms with E-state index in [1.807, 2.05) is 7.05 Å². The van der Waals surface area contributed by atoms with Gasteiger partial charge in [0.1, 0.15) is 5.54 Å². The summed E-state index contributed by atoms with van der Waals surface area (Å²) >= 11 is 0. The smallest absolute Gasteiger partial charge is 0.326 e. The largest absolute Gasteiger partial charge is 0.468 e. The molecule has 15 heavy (non-hydrogen) atoms. The maximum atomic E-state index is 11.8. The highest BCUT2D eigenvalue weighted by atomic mass is 16.5. The minimum absolute atomic E-state index is 0.136. The fraction of sp³-hybridized carbons (Fsp3) is 0.909. The zero-order valence-electron chi connectivity index (χ0n) is 9.84. The monoisotopic (exact) mass is 215 g/mol. The Morgan fingerprint density at radius 3 is 2.80 bits per heavy atom. The Morgan fingerprint density at radius 1 is 1.53 bits per heavy atom. The van der Waals surface area contributed by atoms with Gasteiger partial charge in [0, 0.05) is 13.7 Å². The van der Waals surface area contributed by atoms with Crippen molar-refractivity contribution in [3.05, 3.63) is 0 Å². The van der Waals surface area contributed by atoms with Crippen LogP contribution in [0.3, 0.4) is 0 Å². The fourth-order valence-corrected chi connectivity index (χ4v) is 2.61. The lowest BCUT2D eigenvalue weighted by Crippen LogP contribution is -2.54. The number of nitrogens with one attached hydrogen (secondary N) is 1. The number of ether oxygens (including phenoxy) is 2. The van der Waals surface area contributed by atoms with Gasteiger partial charge in [-0.25, -0.2) is 0 Å². The van der Waals surface area contributed by atoms with Gasteiger partial charge in [0.15, 0.2) is 0 Å². The first-order chi connectivity index (χ1) is 7.21. The molecule has 0 aliphatic heterocycles. The molecule has 1 aliphatic carbocycles. The van der Waals surface area contributed by atoms with Crippen LogP contribution in [-0.2, 0) is 14.3 Å². The summed E-state index contributed by atoms with van der Waals surface area (Å²) in [6.45, 7) is 0.699. The molecule has 4 nitrogen and oxygen atoms in total. The standard InChI is InChI=1S/C11H21NO3/c1-12-11(10(13)15-3)7-4-5-9(11)6-8-14-2/h9,12H,4-8H2,1-3H3. The van der Waals surface area contributed by atoms with Gasteiger partial charge in [-0.2, -0.15) is 0 Å². The van der Waals surface area contributed by atoms with Gasteiger partial charge in [-0.05, 0) is 32.2 Å². The lowest BCUT2D eigenvalue weighted by Gasteiger charge is -2.32. The lowest BCUT2D eigenvalue weighted by molar-refractivity contribution is -0.150. The Hall–Kier alpha value is -0.610. The summed E-state index contributed by atoms with van der Waals surface area (Å²) < 4.78 is 9.97. The van der Waals surface area contributed by atoms with Gasteiger partial charge >= 0.3 is 5.97 Å². The highest BCUT2D eigenvalue weighted by Gasteiger charge is 2.48. The second-order valence-corrected chi connectivity index (χ2v) is 4.08. The summed E-state index contributed by atoms with van der Waals surface area (Å²) in [5.41, 5.74) is -0.479. The Kier molecular flexibility index (Phi) is 4.54. The van der Waals surface area contributed by atoms with Gasteiger partial charge in [0.2, 0.25) is 0 Å². The van der Waals surface area contributed by atoms with E-state index in [1.54, 1.807) is 7.11 Å². The SMILES string of the molecule is CNC1(C(=O)OC)CCCC1CCOC. The molecule has 0 bridgehead atoms. The molecule has 0 saturated heterocycles. The molecule has 2 unspecified atom stereocenters. The second kappa shape index (κ2) is 5.47. The fourth-order valence-electron chi connectivity index (χ4n) is 2.61. The number of carbonyl (C=O) groups excluding carboxylic acids is 1. The Labute approximate surface area is 91.3 Å². The Bertz CT molecular complexity index is 220. The van der Waals surface area contributed by atoms with Crippen molar-refractivity contribution in [1.29, 1.82) is 0 Å². The molecule has 4 heteroatoms. The van der Waals surface area contributed by atoms with Crippen LogP contribution in [0.25, 0.3) is 0 Å². The van der Waals surface area contributed by atoms with E-state index < -0.39 is 5.54 Å². The lowest BCUT2D eigenvalue weighted by atomic mass is 9.85. The van der Waals surface area contributed by atoms with Crippen molar-refractivity contribution in [1.82, 2.24) is 5.32 Å². The van der Waals surface area contributed by atoms with Crippen molar-refractivity contribution in [3.63, 3.8) is 0 Å². The highest BCUT2D eigenvalue weighted by Crippen LogP contribution is 2.38. The molecule has 2 atom stereocenters. The number of methoxy groups -OCH3 is 2. The van der Waals surface area contributed by atoms with Gasteiger partial charge in [0.05, 0.1) is 7.11 Å². The van der Waals surface area contributed by atoms with E-state index in [9.17, 15) is 4.79 Å². The number of carbonyl (C=O) groups is 1. The van der Waals surface area contributed by atoms with Crippen LogP contribution in [0.5, 0.6) is 0 Å². The molecule has 0 radical (unpaired) electrons. The van der Waals surface area contributed by atoms with Crippen LogP contribution in [0.15, 0.2) is 0 Å². The molecule has 1 N–H and O–H groups in total. The second-order valence-electron chi connectivity index (χ2n) is 4.08. The number of likely N-dealkylation sites (N-methyl/N-ethyl adjacent to an activating group) is 1. The van der Waals surface area contributed by atoms with Crippen LogP contribution in [0.1, 0.15) is 25.7 Å². The van der Waals surface area contributed by atoms with Crippen LogP contribution in [0.2, 0.25) is 0 Å². The molecule has 1 saturated carbocycles. The van der Waals surface area contributed by atoms with E-state index in [2.05, 4.69) is 5.32 Å². The molecule has 0 heterocycles. The predicted octanol–water partition coefficient (Wildman–Crippen LogP) is 0.954. The number of hydrogen-bond donors (Lipinski definition) is 1. The van der Waals surface area contributed by atoms with Gasteiger partial charge in [-0.15, -0.1) is 0 Å². The van der Waals surface area contributed by atoms with Crippen molar-refractivity contribution in [2.75, 3.05) is 27.9 Å². The number of esters is 1. The Balaban J connectivity index is 2.72. The van der Waals surface area contributed by atoms with Gasteiger partial charge in [-0.3, -0.25) is 4.79 Å². The van der Waals surface area contributed by atoms with Crippen LogP contribution < -0.4 is 5.32 Å². The molecule has 88 valence electrons. The average molecular weight is 215 g/mol. The normalized spacial score (nSPS) is 30.5. The maximum absolute atomic E-state index is 11.8. The third-order valence-electron chi connectivity index (χ3n) is 3.49. The zero-order chi connectivity index (χ0) is 11.3. The Morgan fingerprint density at radius 2 is 2.27 bits per heavy atom. The van der Waals surface area contributed by atoms with E-state index in [1.165, 1.54) is 7.11 Å². The zero-order valence-corrected chi connectivity index (χ0v) is 9.84. The van der Waals surface area contributed by atoms with E-state index in [4.69, 9.17) is 9.47 Å². The molecule has 1 fully saturated rings. The summed E-state index contributed by atoms with van der Waals surface area (Å²) in [6.07, 6.45) is 3.92. The highest BCUT2D eigenvalue weighted by molar-refractivity contribution is 5.81. The molecule has 1 aliphatic rings. The molecule has 0 aromatic rings. The third kappa shape index (κ3) is 2.32. The molecule has 1 rings (SSSR count). The molecule has 0 spiro atoms. The van der Waals surface area contributed by atoms with E-state index >= 15 is 0 Å². The minimum atomic E-state index is -0.479. The summed E-state index contributed by atoms with van der Waals surface area (Å²) in [6, 6.07) is 0. The predicted molar refractivity (Wildman–Crippen MR) is 57.6 cm³/mol. The van der Waals surface area contributed by atoms with Crippen LogP contribution in [0.4, 0.5) is 0 Å². The molecular weight excluding hydrogens is 194 g/mol. The maximum Gasteiger partial charge on any atom is 0.326 e. The molecular formula is C11H21NO3. The van der Waals surface area contributed by atoms with Crippen molar-refractivity contribution in [3.8, 4) is 0 Å². The first-order valence-electron chi connectivity index (χ1n) is 5.47. The van der Waals surface area contributed by atoms with E-state index in [-0.39, 0.29) is 5.97 Å². The van der Waals surface area contributed by atoms with Gasteiger partial charge in [0.25, 0.3) is 0 Å². The topological polar surface area (TPSA) is 47.6 Å². The molecule has 0 aromatic heterocycles. The molecule has 0 aromatic carbocycles. The van der Waals surface area contributed by atoms with Gasteiger partial charge in [-0.1, -0.05) is 6.42 Å². The third-order valence-corrected chi connectivity index (χ3v) is 3.49. The van der Waals surface area contributed by atoms with Crippen molar-refractivity contribution < 1.29 is 14.3 Å². The number of rotatable bonds is 5. The summed E-state index contributed by atoms with van der Waals surface area (Å²) in [4.78, 5) is 11.8. The quantitative estimate of drug-likeness (QED) is 0.694. The van der Waals surface area contributed by atoms with E-state index in [0.29, 0.717) is 12.5 Å². The number of hydrogen-bond acceptors (Lipinski definition) is 4. The van der Waals surface area contributed by atoms with Gasteiger partial charge < -0.3 is 14.8 Å². The summed E-state index contributed by atoms with van der Waals surface area (Å²) in [5, 5.41) is 3.16. The first kappa shape index (κ1) is 12.5. The summed E-state index contributed by atoms with van der Waals surface area (Å²) in [7, 11) is 4.98. The van der Waals surface area contributed by atoms with Crippen LogP contribution in [0, 0.1) is 5.92 Å².